The molecule has 1 amide bonds. The van der Waals surface area contributed by atoms with E-state index in [2.05, 4.69) is 10.0 Å². The summed E-state index contributed by atoms with van der Waals surface area (Å²) in [6.07, 6.45) is 0. The molecule has 0 aliphatic heterocycles. The van der Waals surface area contributed by atoms with Crippen LogP contribution in [0.3, 0.4) is 0 Å². The minimum Gasteiger partial charge on any atom is -0.322 e. The zero-order chi connectivity index (χ0) is 22.8. The molecule has 3 aromatic rings. The van der Waals surface area contributed by atoms with Crippen LogP contribution in [0.2, 0.25) is 0 Å². The highest BCUT2D eigenvalue weighted by atomic mass is 32.2. The molecule has 3 aromatic carbocycles. The van der Waals surface area contributed by atoms with Crippen LogP contribution in [0.25, 0.3) is 0 Å². The van der Waals surface area contributed by atoms with Crippen molar-refractivity contribution in [1.82, 2.24) is 0 Å². The van der Waals surface area contributed by atoms with Gasteiger partial charge in [0.15, 0.2) is 0 Å². The van der Waals surface area contributed by atoms with Crippen LogP contribution in [-0.4, -0.2) is 22.7 Å². The number of halogens is 1. The van der Waals surface area contributed by atoms with Gasteiger partial charge < -0.3 is 5.32 Å². The van der Waals surface area contributed by atoms with Gasteiger partial charge in [-0.25, -0.2) is 26.4 Å². The number of rotatable bonds is 6. The lowest BCUT2D eigenvalue weighted by Gasteiger charge is -2.11. The fraction of sp³-hybridized carbons (Fsp3) is 0.0500. The predicted octanol–water partition coefficient (Wildman–Crippen LogP) is 2.83. The molecule has 0 spiro atoms. The molecule has 0 saturated heterocycles. The van der Waals surface area contributed by atoms with Crippen LogP contribution in [0.5, 0.6) is 0 Å². The number of anilines is 2. The van der Waals surface area contributed by atoms with Crippen LogP contribution >= 0.6 is 0 Å². The Morgan fingerprint density at radius 1 is 0.871 bits per heavy atom. The SMILES string of the molecule is Cc1cccc(NS(=O)(=O)c2cccc(C(=O)Nc3cc(F)cc(S(N)(=O)=O)c3)c2)c1. The van der Waals surface area contributed by atoms with E-state index in [1.54, 1.807) is 18.2 Å². The molecule has 11 heteroatoms. The molecule has 162 valence electrons. The van der Waals surface area contributed by atoms with E-state index in [1.165, 1.54) is 18.2 Å². The summed E-state index contributed by atoms with van der Waals surface area (Å²) >= 11 is 0. The number of carbonyl (C=O) groups is 1. The average molecular weight is 464 g/mol. The van der Waals surface area contributed by atoms with Crippen LogP contribution < -0.4 is 15.2 Å². The molecular formula is C20H18FN3O5S2. The Hall–Kier alpha value is -3.28. The van der Waals surface area contributed by atoms with Crippen molar-refractivity contribution in [2.24, 2.45) is 5.14 Å². The summed E-state index contributed by atoms with van der Waals surface area (Å²) in [6.45, 7) is 1.82. The molecule has 0 atom stereocenters. The molecule has 0 saturated carbocycles. The normalized spacial score (nSPS) is 11.7. The van der Waals surface area contributed by atoms with Gasteiger partial charge in [0.2, 0.25) is 10.0 Å². The van der Waals surface area contributed by atoms with Gasteiger partial charge in [0, 0.05) is 16.9 Å². The van der Waals surface area contributed by atoms with E-state index in [4.69, 9.17) is 5.14 Å². The monoisotopic (exact) mass is 463 g/mol. The summed E-state index contributed by atoms with van der Waals surface area (Å²) < 4.78 is 64.4. The molecule has 0 aliphatic carbocycles. The molecule has 0 heterocycles. The second-order valence-electron chi connectivity index (χ2n) is 6.68. The van der Waals surface area contributed by atoms with Crippen molar-refractivity contribution in [3.05, 3.63) is 83.7 Å². The van der Waals surface area contributed by atoms with Crippen LogP contribution in [0, 0.1) is 12.7 Å². The van der Waals surface area contributed by atoms with Crippen molar-refractivity contribution < 1.29 is 26.0 Å². The molecule has 4 N–H and O–H groups in total. The first-order valence-electron chi connectivity index (χ1n) is 8.78. The third-order valence-electron chi connectivity index (χ3n) is 4.13. The highest BCUT2D eigenvalue weighted by Gasteiger charge is 2.18. The van der Waals surface area contributed by atoms with Gasteiger partial charge in [-0.2, -0.15) is 0 Å². The maximum atomic E-state index is 13.7. The van der Waals surface area contributed by atoms with Gasteiger partial charge in [0.05, 0.1) is 9.79 Å². The molecule has 0 fully saturated rings. The van der Waals surface area contributed by atoms with Crippen LogP contribution in [0.15, 0.2) is 76.5 Å². The van der Waals surface area contributed by atoms with Gasteiger partial charge >= 0.3 is 0 Å². The standard InChI is InChI=1S/C20H18FN3O5S2/c1-13-4-2-6-16(8-13)24-31(28,29)18-7-3-5-14(9-18)20(25)23-17-10-15(21)11-19(12-17)30(22,26)27/h2-12,24H,1H3,(H,23,25)(H2,22,26,27). The third kappa shape index (κ3) is 5.66. The molecule has 0 unspecified atom stereocenters. The third-order valence-corrected chi connectivity index (χ3v) is 6.41. The Balaban J connectivity index is 1.86. The number of sulfonamides is 2. The largest absolute Gasteiger partial charge is 0.322 e. The molecule has 8 nitrogen and oxygen atoms in total. The highest BCUT2D eigenvalue weighted by molar-refractivity contribution is 7.92. The summed E-state index contributed by atoms with van der Waals surface area (Å²) in [5.41, 5.74) is 1.04. The Labute approximate surface area is 179 Å². The van der Waals surface area contributed by atoms with Gasteiger partial charge in [0.1, 0.15) is 5.82 Å². The van der Waals surface area contributed by atoms with E-state index in [0.29, 0.717) is 5.69 Å². The number of carbonyl (C=O) groups excluding carboxylic acids is 1. The van der Waals surface area contributed by atoms with E-state index in [9.17, 15) is 26.0 Å². The Kier molecular flexibility index (Phi) is 6.11. The minimum atomic E-state index is -4.19. The zero-order valence-corrected chi connectivity index (χ0v) is 17.8. The Morgan fingerprint density at radius 3 is 2.26 bits per heavy atom. The number of hydrogen-bond donors (Lipinski definition) is 3. The van der Waals surface area contributed by atoms with Gasteiger partial charge in [-0.3, -0.25) is 9.52 Å². The quantitative estimate of drug-likeness (QED) is 0.517. The fourth-order valence-electron chi connectivity index (χ4n) is 2.73. The predicted molar refractivity (Wildman–Crippen MR) is 114 cm³/mol. The van der Waals surface area contributed by atoms with Crippen molar-refractivity contribution in [3.8, 4) is 0 Å². The summed E-state index contributed by atoms with van der Waals surface area (Å²) in [5.74, 6) is -1.68. The van der Waals surface area contributed by atoms with Crippen molar-refractivity contribution >= 4 is 37.3 Å². The number of benzene rings is 3. The zero-order valence-electron chi connectivity index (χ0n) is 16.2. The second kappa shape index (κ2) is 8.46. The lowest BCUT2D eigenvalue weighted by Crippen LogP contribution is -2.17. The summed E-state index contributed by atoms with van der Waals surface area (Å²) in [5, 5.41) is 7.33. The summed E-state index contributed by atoms with van der Waals surface area (Å²) in [4.78, 5) is 11.9. The number of nitrogens with two attached hydrogens (primary N) is 1. The lowest BCUT2D eigenvalue weighted by atomic mass is 10.2. The van der Waals surface area contributed by atoms with Crippen LogP contribution in [0.4, 0.5) is 15.8 Å². The minimum absolute atomic E-state index is 0.0338. The van der Waals surface area contributed by atoms with Crippen molar-refractivity contribution in [2.45, 2.75) is 16.7 Å². The van der Waals surface area contributed by atoms with Gasteiger partial charge in [0.25, 0.3) is 15.9 Å². The second-order valence-corrected chi connectivity index (χ2v) is 9.92. The molecule has 3 rings (SSSR count). The molecule has 0 aliphatic rings. The summed E-state index contributed by atoms with van der Waals surface area (Å²) in [6, 6.07) is 14.6. The maximum absolute atomic E-state index is 13.7. The number of primary sulfonamides is 1. The first-order chi connectivity index (χ1) is 14.4. The van der Waals surface area contributed by atoms with Crippen molar-refractivity contribution in [1.29, 1.82) is 0 Å². The number of aryl methyl sites for hydroxylation is 1. The van der Waals surface area contributed by atoms with Gasteiger partial charge in [-0.05, 0) is 61.0 Å². The molecule has 0 aromatic heterocycles. The average Bonchev–Trinajstić information content (AvgIpc) is 2.66. The number of nitrogens with one attached hydrogen (secondary N) is 2. The van der Waals surface area contributed by atoms with E-state index in [-0.39, 0.29) is 16.1 Å². The van der Waals surface area contributed by atoms with E-state index in [0.717, 1.165) is 29.8 Å². The van der Waals surface area contributed by atoms with Crippen LogP contribution in [0.1, 0.15) is 15.9 Å². The lowest BCUT2D eigenvalue weighted by molar-refractivity contribution is 0.102. The van der Waals surface area contributed by atoms with E-state index < -0.39 is 36.7 Å². The number of hydrogen-bond acceptors (Lipinski definition) is 5. The highest BCUT2D eigenvalue weighted by Crippen LogP contribution is 2.21. The van der Waals surface area contributed by atoms with E-state index in [1.807, 2.05) is 13.0 Å². The maximum Gasteiger partial charge on any atom is 0.261 e. The molecule has 31 heavy (non-hydrogen) atoms. The molecular weight excluding hydrogens is 445 g/mol. The fourth-order valence-corrected chi connectivity index (χ4v) is 4.39. The molecule has 0 radical (unpaired) electrons. The first-order valence-corrected chi connectivity index (χ1v) is 11.8. The van der Waals surface area contributed by atoms with Gasteiger partial charge in [-0.15, -0.1) is 0 Å². The first kappa shape index (κ1) is 22.4. The van der Waals surface area contributed by atoms with Gasteiger partial charge in [-0.1, -0.05) is 18.2 Å². The smallest absolute Gasteiger partial charge is 0.261 e. The molecule has 0 bridgehead atoms. The van der Waals surface area contributed by atoms with Crippen LogP contribution in [-0.2, 0) is 20.0 Å². The van der Waals surface area contributed by atoms with Crippen molar-refractivity contribution in [2.75, 3.05) is 10.0 Å². The van der Waals surface area contributed by atoms with E-state index >= 15 is 0 Å². The summed E-state index contributed by atoms with van der Waals surface area (Å²) in [7, 11) is -8.16. The topological polar surface area (TPSA) is 135 Å². The van der Waals surface area contributed by atoms with Crippen molar-refractivity contribution in [3.63, 3.8) is 0 Å². The Bertz CT molecular complexity index is 1370. The Morgan fingerprint density at radius 2 is 1.58 bits per heavy atom. The number of amides is 1.